The molecule has 2 aromatic rings. The Hall–Kier alpha value is -2.04. The summed E-state index contributed by atoms with van der Waals surface area (Å²) in [6, 6.07) is 11.1. The molecule has 2 aromatic carbocycles. The Morgan fingerprint density at radius 3 is 2.72 bits per heavy atom. The number of nitrogens with zero attached hydrogens (tertiary/aromatic N) is 1. The van der Waals surface area contributed by atoms with E-state index in [2.05, 4.69) is 16.6 Å². The van der Waals surface area contributed by atoms with Crippen molar-refractivity contribution in [2.24, 2.45) is 5.10 Å². The van der Waals surface area contributed by atoms with Gasteiger partial charge in [-0.2, -0.15) is 5.10 Å². The molecule has 0 radical (unpaired) electrons. The first-order chi connectivity index (χ1) is 12.0. The van der Waals surface area contributed by atoms with E-state index in [0.29, 0.717) is 35.2 Å². The lowest BCUT2D eigenvalue weighted by molar-refractivity contribution is -0.121. The SMILES string of the molecule is Cc1ccc(/C=N/NC(=O)CCCOc2ccc(Cl)cc2Cl)c(C)c1. The number of hydrogen-bond donors (Lipinski definition) is 1. The number of benzene rings is 2. The predicted octanol–water partition coefficient (Wildman–Crippen LogP) is 4.92. The van der Waals surface area contributed by atoms with Crippen LogP contribution in [0.5, 0.6) is 5.75 Å². The number of amides is 1. The average Bonchev–Trinajstić information content (AvgIpc) is 2.55. The second-order valence-electron chi connectivity index (χ2n) is 5.68. The summed E-state index contributed by atoms with van der Waals surface area (Å²) >= 11 is 11.8. The smallest absolute Gasteiger partial charge is 0.240 e. The molecule has 0 bridgehead atoms. The number of carbonyl (C=O) groups is 1. The van der Waals surface area contributed by atoms with Crippen LogP contribution in [0.3, 0.4) is 0 Å². The molecule has 0 aliphatic rings. The summed E-state index contributed by atoms with van der Waals surface area (Å²) in [7, 11) is 0. The van der Waals surface area contributed by atoms with Crippen LogP contribution in [0.15, 0.2) is 41.5 Å². The number of halogens is 2. The summed E-state index contributed by atoms with van der Waals surface area (Å²) in [6.07, 6.45) is 2.52. The van der Waals surface area contributed by atoms with Crippen LogP contribution in [0.1, 0.15) is 29.5 Å². The molecule has 0 spiro atoms. The minimum Gasteiger partial charge on any atom is -0.492 e. The van der Waals surface area contributed by atoms with Gasteiger partial charge in [-0.05, 0) is 49.6 Å². The summed E-state index contributed by atoms with van der Waals surface area (Å²) in [4.78, 5) is 11.8. The van der Waals surface area contributed by atoms with Crippen molar-refractivity contribution in [3.63, 3.8) is 0 Å². The van der Waals surface area contributed by atoms with Crippen molar-refractivity contribution < 1.29 is 9.53 Å². The summed E-state index contributed by atoms with van der Waals surface area (Å²) in [5.74, 6) is 0.395. The molecule has 0 saturated heterocycles. The lowest BCUT2D eigenvalue weighted by atomic mass is 10.1. The largest absolute Gasteiger partial charge is 0.492 e. The Bertz CT molecular complexity index is 776. The molecule has 0 aliphatic heterocycles. The van der Waals surface area contributed by atoms with Crippen LogP contribution in [0.4, 0.5) is 0 Å². The number of carbonyl (C=O) groups excluding carboxylic acids is 1. The molecule has 0 unspecified atom stereocenters. The van der Waals surface area contributed by atoms with Crippen molar-refractivity contribution in [1.29, 1.82) is 0 Å². The van der Waals surface area contributed by atoms with Gasteiger partial charge in [0.1, 0.15) is 5.75 Å². The van der Waals surface area contributed by atoms with E-state index in [1.807, 2.05) is 26.0 Å². The molecule has 0 atom stereocenters. The van der Waals surface area contributed by atoms with E-state index in [9.17, 15) is 4.79 Å². The molecular formula is C19H20Cl2N2O2. The first-order valence-corrected chi connectivity index (χ1v) is 8.68. The maximum atomic E-state index is 11.8. The summed E-state index contributed by atoms with van der Waals surface area (Å²) < 4.78 is 5.53. The molecule has 0 aromatic heterocycles. The second-order valence-corrected chi connectivity index (χ2v) is 6.52. The summed E-state index contributed by atoms with van der Waals surface area (Å²) in [5, 5.41) is 5.00. The molecule has 2 rings (SSSR count). The lowest BCUT2D eigenvalue weighted by Crippen LogP contribution is -2.18. The van der Waals surface area contributed by atoms with Gasteiger partial charge < -0.3 is 4.74 Å². The van der Waals surface area contributed by atoms with Gasteiger partial charge in [-0.25, -0.2) is 5.43 Å². The van der Waals surface area contributed by atoms with E-state index in [4.69, 9.17) is 27.9 Å². The number of aryl methyl sites for hydroxylation is 2. The van der Waals surface area contributed by atoms with Crippen LogP contribution >= 0.6 is 23.2 Å². The van der Waals surface area contributed by atoms with E-state index in [1.54, 1.807) is 24.4 Å². The van der Waals surface area contributed by atoms with Gasteiger partial charge in [-0.1, -0.05) is 47.0 Å². The molecule has 4 nitrogen and oxygen atoms in total. The molecule has 0 heterocycles. The fourth-order valence-corrected chi connectivity index (χ4v) is 2.67. The van der Waals surface area contributed by atoms with Crippen molar-refractivity contribution >= 4 is 35.3 Å². The topological polar surface area (TPSA) is 50.7 Å². The van der Waals surface area contributed by atoms with Gasteiger partial charge in [0, 0.05) is 11.4 Å². The number of hydrogen-bond acceptors (Lipinski definition) is 3. The van der Waals surface area contributed by atoms with E-state index in [-0.39, 0.29) is 5.91 Å². The highest BCUT2D eigenvalue weighted by atomic mass is 35.5. The Labute approximate surface area is 157 Å². The minimum absolute atomic E-state index is 0.160. The Balaban J connectivity index is 1.71. The van der Waals surface area contributed by atoms with E-state index in [0.717, 1.165) is 11.1 Å². The van der Waals surface area contributed by atoms with E-state index < -0.39 is 0 Å². The van der Waals surface area contributed by atoms with Crippen LogP contribution < -0.4 is 10.2 Å². The quantitative estimate of drug-likeness (QED) is 0.422. The van der Waals surface area contributed by atoms with Gasteiger partial charge >= 0.3 is 0 Å². The zero-order valence-corrected chi connectivity index (χ0v) is 15.7. The highest BCUT2D eigenvalue weighted by Crippen LogP contribution is 2.27. The average molecular weight is 379 g/mol. The molecule has 0 saturated carbocycles. The van der Waals surface area contributed by atoms with Crippen LogP contribution in [0, 0.1) is 13.8 Å². The maximum Gasteiger partial charge on any atom is 0.240 e. The van der Waals surface area contributed by atoms with E-state index in [1.165, 1.54) is 5.56 Å². The number of nitrogens with one attached hydrogen (secondary N) is 1. The van der Waals surface area contributed by atoms with Crippen molar-refractivity contribution in [3.8, 4) is 5.75 Å². The molecule has 1 amide bonds. The van der Waals surface area contributed by atoms with Crippen LogP contribution in [0.2, 0.25) is 10.0 Å². The molecule has 0 aliphatic carbocycles. The fourth-order valence-electron chi connectivity index (χ4n) is 2.21. The van der Waals surface area contributed by atoms with Gasteiger partial charge in [0.25, 0.3) is 0 Å². The van der Waals surface area contributed by atoms with Gasteiger partial charge in [-0.3, -0.25) is 4.79 Å². The molecule has 0 fully saturated rings. The number of hydrazone groups is 1. The van der Waals surface area contributed by atoms with Crippen molar-refractivity contribution in [1.82, 2.24) is 5.43 Å². The Morgan fingerprint density at radius 2 is 2.00 bits per heavy atom. The second kappa shape index (κ2) is 9.44. The van der Waals surface area contributed by atoms with Gasteiger partial charge in [0.15, 0.2) is 0 Å². The van der Waals surface area contributed by atoms with Crippen LogP contribution in [-0.2, 0) is 4.79 Å². The third-order valence-electron chi connectivity index (χ3n) is 3.52. The number of rotatable bonds is 7. The van der Waals surface area contributed by atoms with Crippen LogP contribution in [-0.4, -0.2) is 18.7 Å². The van der Waals surface area contributed by atoms with Crippen LogP contribution in [0.25, 0.3) is 0 Å². The predicted molar refractivity (Wildman–Crippen MR) is 103 cm³/mol. The fraction of sp³-hybridized carbons (Fsp3) is 0.263. The van der Waals surface area contributed by atoms with Crippen molar-refractivity contribution in [2.45, 2.75) is 26.7 Å². The molecule has 1 N–H and O–H groups in total. The van der Waals surface area contributed by atoms with Gasteiger partial charge in [0.05, 0.1) is 17.8 Å². The zero-order valence-electron chi connectivity index (χ0n) is 14.2. The highest BCUT2D eigenvalue weighted by Gasteiger charge is 2.04. The number of ether oxygens (including phenoxy) is 1. The normalized spacial score (nSPS) is 10.9. The van der Waals surface area contributed by atoms with Crippen molar-refractivity contribution in [2.75, 3.05) is 6.61 Å². The Morgan fingerprint density at radius 1 is 1.20 bits per heavy atom. The third kappa shape index (κ3) is 6.40. The van der Waals surface area contributed by atoms with Crippen molar-refractivity contribution in [3.05, 3.63) is 63.1 Å². The first kappa shape index (κ1) is 19.3. The van der Waals surface area contributed by atoms with Gasteiger partial charge in [-0.15, -0.1) is 0 Å². The lowest BCUT2D eigenvalue weighted by Gasteiger charge is -2.07. The molecule has 25 heavy (non-hydrogen) atoms. The molecule has 132 valence electrons. The maximum absolute atomic E-state index is 11.8. The van der Waals surface area contributed by atoms with E-state index >= 15 is 0 Å². The third-order valence-corrected chi connectivity index (χ3v) is 4.05. The summed E-state index contributed by atoms with van der Waals surface area (Å²) in [6.45, 7) is 4.43. The minimum atomic E-state index is -0.160. The highest BCUT2D eigenvalue weighted by molar-refractivity contribution is 6.35. The molecular weight excluding hydrogens is 359 g/mol. The Kier molecular flexibility index (Phi) is 7.29. The standard InChI is InChI=1S/C19H20Cl2N2O2/c1-13-5-6-15(14(2)10-13)12-22-23-19(24)4-3-9-25-18-8-7-16(20)11-17(18)21/h5-8,10-12H,3-4,9H2,1-2H3,(H,23,24)/b22-12+. The monoisotopic (exact) mass is 378 g/mol. The summed E-state index contributed by atoms with van der Waals surface area (Å²) in [5.41, 5.74) is 5.81. The first-order valence-electron chi connectivity index (χ1n) is 7.92. The van der Waals surface area contributed by atoms with Gasteiger partial charge in [0.2, 0.25) is 5.91 Å². The molecule has 6 heteroatoms. The zero-order chi connectivity index (χ0) is 18.2.